The summed E-state index contributed by atoms with van der Waals surface area (Å²) in [7, 11) is 0. The van der Waals surface area contributed by atoms with Gasteiger partial charge in [-0.2, -0.15) is 5.10 Å². The first-order chi connectivity index (χ1) is 11.2. The van der Waals surface area contributed by atoms with Gasteiger partial charge in [-0.15, -0.1) is 0 Å². The van der Waals surface area contributed by atoms with Crippen LogP contribution in [0.1, 0.15) is 39.0 Å². The summed E-state index contributed by atoms with van der Waals surface area (Å²) < 4.78 is 0. The number of benzene rings is 1. The van der Waals surface area contributed by atoms with Crippen molar-refractivity contribution >= 4 is 28.4 Å². The normalized spacial score (nSPS) is 18.1. The van der Waals surface area contributed by atoms with Crippen molar-refractivity contribution < 1.29 is 9.59 Å². The summed E-state index contributed by atoms with van der Waals surface area (Å²) >= 11 is 0. The molecule has 0 radical (unpaired) electrons. The Morgan fingerprint density at radius 3 is 3.09 bits per heavy atom. The number of aromatic nitrogens is 2. The monoisotopic (exact) mass is 314 g/mol. The molecule has 1 aliphatic rings. The van der Waals surface area contributed by atoms with Gasteiger partial charge in [-0.05, 0) is 43.9 Å². The van der Waals surface area contributed by atoms with Gasteiger partial charge >= 0.3 is 0 Å². The number of piperidine rings is 1. The molecule has 1 aliphatic heterocycles. The zero-order valence-electron chi connectivity index (χ0n) is 13.3. The van der Waals surface area contributed by atoms with Gasteiger partial charge in [-0.1, -0.05) is 6.92 Å². The number of aromatic amines is 1. The number of H-pyrrole nitrogens is 1. The van der Waals surface area contributed by atoms with Crippen molar-refractivity contribution in [2.24, 2.45) is 0 Å². The summed E-state index contributed by atoms with van der Waals surface area (Å²) in [5, 5.41) is 10.8. The van der Waals surface area contributed by atoms with E-state index in [0.29, 0.717) is 13.0 Å². The highest BCUT2D eigenvalue weighted by Crippen LogP contribution is 2.21. The van der Waals surface area contributed by atoms with Crippen LogP contribution in [0.3, 0.4) is 0 Å². The molecular formula is C17H22N4O2. The molecular weight excluding hydrogens is 292 g/mol. The Morgan fingerprint density at radius 1 is 1.39 bits per heavy atom. The van der Waals surface area contributed by atoms with Gasteiger partial charge in [0.05, 0.1) is 11.7 Å². The van der Waals surface area contributed by atoms with E-state index in [9.17, 15) is 9.59 Å². The van der Waals surface area contributed by atoms with Crippen LogP contribution in [0, 0.1) is 0 Å². The molecule has 2 heterocycles. The van der Waals surface area contributed by atoms with Crippen LogP contribution in [0.25, 0.3) is 10.9 Å². The average Bonchev–Trinajstić information content (AvgIpc) is 3.02. The second-order valence-corrected chi connectivity index (χ2v) is 6.01. The maximum absolute atomic E-state index is 12.6. The van der Waals surface area contributed by atoms with Gasteiger partial charge in [0, 0.05) is 24.0 Å². The van der Waals surface area contributed by atoms with E-state index < -0.39 is 0 Å². The van der Waals surface area contributed by atoms with E-state index in [1.54, 1.807) is 11.1 Å². The van der Waals surface area contributed by atoms with Crippen molar-refractivity contribution in [2.45, 2.75) is 45.1 Å². The zero-order valence-corrected chi connectivity index (χ0v) is 13.3. The maximum atomic E-state index is 12.6. The Hall–Kier alpha value is -2.37. The van der Waals surface area contributed by atoms with Gasteiger partial charge in [-0.25, -0.2) is 0 Å². The fraction of sp³-hybridized carbons (Fsp3) is 0.471. The van der Waals surface area contributed by atoms with E-state index in [0.717, 1.165) is 42.3 Å². The standard InChI is InChI=1S/C17H22N4O2/c1-2-5-16(22)21-9-4-3-6-15(21)17(23)19-13-8-7-12-11-18-20-14(12)10-13/h7-8,10-11,15H,2-6,9H2,1H3,(H,18,20)(H,19,23)/t15-/m1/s1. The Balaban J connectivity index is 1.73. The van der Waals surface area contributed by atoms with Crippen LogP contribution in [0.15, 0.2) is 24.4 Å². The molecule has 6 heteroatoms. The zero-order chi connectivity index (χ0) is 16.2. The number of likely N-dealkylation sites (tertiary alicyclic amines) is 1. The Labute approximate surface area is 135 Å². The minimum atomic E-state index is -0.361. The highest BCUT2D eigenvalue weighted by Gasteiger charge is 2.31. The molecule has 0 saturated carbocycles. The summed E-state index contributed by atoms with van der Waals surface area (Å²) in [6.07, 6.45) is 5.73. The summed E-state index contributed by atoms with van der Waals surface area (Å²) in [6.45, 7) is 2.66. The molecule has 0 spiro atoms. The van der Waals surface area contributed by atoms with Crippen LogP contribution in [0.4, 0.5) is 5.69 Å². The number of hydrogen-bond donors (Lipinski definition) is 2. The number of nitrogens with one attached hydrogen (secondary N) is 2. The summed E-state index contributed by atoms with van der Waals surface area (Å²) in [6, 6.07) is 5.27. The number of fused-ring (bicyclic) bond motifs is 1. The molecule has 23 heavy (non-hydrogen) atoms. The van der Waals surface area contributed by atoms with Crippen molar-refractivity contribution in [1.82, 2.24) is 15.1 Å². The third-order valence-electron chi connectivity index (χ3n) is 4.30. The predicted molar refractivity (Wildman–Crippen MR) is 89.0 cm³/mol. The van der Waals surface area contributed by atoms with Crippen molar-refractivity contribution in [1.29, 1.82) is 0 Å². The molecule has 1 aromatic carbocycles. The molecule has 0 bridgehead atoms. The van der Waals surface area contributed by atoms with Crippen LogP contribution < -0.4 is 5.32 Å². The second kappa shape index (κ2) is 6.81. The molecule has 122 valence electrons. The van der Waals surface area contributed by atoms with E-state index in [1.807, 2.05) is 25.1 Å². The van der Waals surface area contributed by atoms with E-state index in [-0.39, 0.29) is 17.9 Å². The fourth-order valence-electron chi connectivity index (χ4n) is 3.10. The van der Waals surface area contributed by atoms with E-state index in [2.05, 4.69) is 15.5 Å². The SMILES string of the molecule is CCCC(=O)N1CCCC[C@@H]1C(=O)Nc1ccc2cn[nH]c2c1. The number of anilines is 1. The number of carbonyl (C=O) groups excluding carboxylic acids is 2. The lowest BCUT2D eigenvalue weighted by molar-refractivity contribution is -0.140. The quantitative estimate of drug-likeness (QED) is 0.910. The lowest BCUT2D eigenvalue weighted by Crippen LogP contribution is -2.49. The van der Waals surface area contributed by atoms with E-state index in [4.69, 9.17) is 0 Å². The fourth-order valence-corrected chi connectivity index (χ4v) is 3.10. The van der Waals surface area contributed by atoms with Crippen LogP contribution in [-0.4, -0.2) is 39.5 Å². The van der Waals surface area contributed by atoms with Gasteiger partial charge in [-0.3, -0.25) is 14.7 Å². The highest BCUT2D eigenvalue weighted by molar-refractivity contribution is 5.98. The van der Waals surface area contributed by atoms with E-state index >= 15 is 0 Å². The van der Waals surface area contributed by atoms with Crippen molar-refractivity contribution in [3.63, 3.8) is 0 Å². The lowest BCUT2D eigenvalue weighted by Gasteiger charge is -2.34. The minimum Gasteiger partial charge on any atom is -0.331 e. The molecule has 3 rings (SSSR count). The average molecular weight is 314 g/mol. The molecule has 2 amide bonds. The first kappa shape index (κ1) is 15.5. The van der Waals surface area contributed by atoms with Crippen molar-refractivity contribution in [2.75, 3.05) is 11.9 Å². The predicted octanol–water partition coefficient (Wildman–Crippen LogP) is 2.68. The summed E-state index contributed by atoms with van der Waals surface area (Å²) in [5.74, 6) is -0.0237. The largest absolute Gasteiger partial charge is 0.331 e. The van der Waals surface area contributed by atoms with Crippen LogP contribution in [0.2, 0.25) is 0 Å². The molecule has 1 aromatic heterocycles. The number of nitrogens with zero attached hydrogens (tertiary/aromatic N) is 2. The summed E-state index contributed by atoms with van der Waals surface area (Å²) in [4.78, 5) is 26.6. The van der Waals surface area contributed by atoms with Gasteiger partial charge in [0.1, 0.15) is 6.04 Å². The molecule has 1 saturated heterocycles. The van der Waals surface area contributed by atoms with Gasteiger partial charge in [0.15, 0.2) is 0 Å². The minimum absolute atomic E-state index is 0.0800. The van der Waals surface area contributed by atoms with Gasteiger partial charge in [0.25, 0.3) is 0 Å². The van der Waals surface area contributed by atoms with Crippen LogP contribution in [0.5, 0.6) is 0 Å². The molecule has 1 fully saturated rings. The summed E-state index contributed by atoms with van der Waals surface area (Å²) in [5.41, 5.74) is 1.60. The first-order valence-electron chi connectivity index (χ1n) is 8.22. The highest BCUT2D eigenvalue weighted by atomic mass is 16.2. The maximum Gasteiger partial charge on any atom is 0.247 e. The van der Waals surface area contributed by atoms with Gasteiger partial charge in [0.2, 0.25) is 11.8 Å². The molecule has 0 unspecified atom stereocenters. The number of hydrogen-bond acceptors (Lipinski definition) is 3. The van der Waals surface area contributed by atoms with Crippen molar-refractivity contribution in [3.8, 4) is 0 Å². The van der Waals surface area contributed by atoms with E-state index in [1.165, 1.54) is 0 Å². The Morgan fingerprint density at radius 2 is 2.26 bits per heavy atom. The van der Waals surface area contributed by atoms with Crippen LogP contribution in [-0.2, 0) is 9.59 Å². The number of amides is 2. The van der Waals surface area contributed by atoms with Crippen LogP contribution >= 0.6 is 0 Å². The smallest absolute Gasteiger partial charge is 0.247 e. The molecule has 2 N–H and O–H groups in total. The lowest BCUT2D eigenvalue weighted by atomic mass is 10.0. The first-order valence-corrected chi connectivity index (χ1v) is 8.22. The third kappa shape index (κ3) is 3.36. The third-order valence-corrected chi connectivity index (χ3v) is 4.30. The molecule has 1 atom stereocenters. The topological polar surface area (TPSA) is 78.1 Å². The molecule has 2 aromatic rings. The number of rotatable bonds is 4. The molecule has 6 nitrogen and oxygen atoms in total. The van der Waals surface area contributed by atoms with Gasteiger partial charge < -0.3 is 10.2 Å². The molecule has 0 aliphatic carbocycles. The van der Waals surface area contributed by atoms with Crippen molar-refractivity contribution in [3.05, 3.63) is 24.4 Å². The Bertz CT molecular complexity index is 709. The Kier molecular flexibility index (Phi) is 4.60. The second-order valence-electron chi connectivity index (χ2n) is 6.01. The number of carbonyl (C=O) groups is 2.